The van der Waals surface area contributed by atoms with E-state index in [4.69, 9.17) is 4.74 Å². The Labute approximate surface area is 143 Å². The molecule has 124 valence electrons. The molecule has 0 radical (unpaired) electrons. The molecule has 1 fully saturated rings. The van der Waals surface area contributed by atoms with Gasteiger partial charge in [-0.3, -0.25) is 4.79 Å². The minimum absolute atomic E-state index is 0.00363. The molecule has 0 saturated heterocycles. The van der Waals surface area contributed by atoms with Gasteiger partial charge in [0.2, 0.25) is 0 Å². The lowest BCUT2D eigenvalue weighted by Gasteiger charge is -2.14. The van der Waals surface area contributed by atoms with Crippen molar-refractivity contribution in [1.29, 1.82) is 0 Å². The summed E-state index contributed by atoms with van der Waals surface area (Å²) < 4.78 is 5.19. The molecule has 1 aliphatic carbocycles. The molecular formula is C21H23NO2. The summed E-state index contributed by atoms with van der Waals surface area (Å²) >= 11 is 0. The van der Waals surface area contributed by atoms with Crippen LogP contribution in [0.4, 0.5) is 0 Å². The third-order valence-corrected chi connectivity index (χ3v) is 4.45. The number of nitrogens with one attached hydrogen (secondary N) is 1. The van der Waals surface area contributed by atoms with Crippen LogP contribution in [-0.4, -0.2) is 19.1 Å². The van der Waals surface area contributed by atoms with Crippen LogP contribution < -0.4 is 10.1 Å². The molecule has 3 rings (SSSR count). The third-order valence-electron chi connectivity index (χ3n) is 4.45. The fraction of sp³-hybridized carbons (Fsp3) is 0.286. The summed E-state index contributed by atoms with van der Waals surface area (Å²) in [6, 6.07) is 17.9. The topological polar surface area (TPSA) is 38.3 Å². The average Bonchev–Trinajstić information content (AvgIpc) is 3.14. The zero-order valence-corrected chi connectivity index (χ0v) is 14.0. The molecular weight excluding hydrogens is 298 g/mol. The summed E-state index contributed by atoms with van der Waals surface area (Å²) in [4.78, 5) is 12.8. The van der Waals surface area contributed by atoms with Crippen LogP contribution in [0.15, 0.2) is 54.6 Å². The van der Waals surface area contributed by atoms with Gasteiger partial charge in [0.25, 0.3) is 5.91 Å². The van der Waals surface area contributed by atoms with Crippen LogP contribution in [0.3, 0.4) is 0 Å². The van der Waals surface area contributed by atoms with Crippen molar-refractivity contribution in [3.8, 4) is 5.75 Å². The third kappa shape index (κ3) is 4.05. The number of methoxy groups -OCH3 is 1. The summed E-state index contributed by atoms with van der Waals surface area (Å²) in [5.74, 6) is 0.813. The molecule has 0 bridgehead atoms. The van der Waals surface area contributed by atoms with Gasteiger partial charge >= 0.3 is 0 Å². The molecule has 1 amide bonds. The second kappa shape index (κ2) is 7.82. The monoisotopic (exact) mass is 321 g/mol. The van der Waals surface area contributed by atoms with E-state index in [1.165, 1.54) is 12.8 Å². The van der Waals surface area contributed by atoms with Crippen molar-refractivity contribution in [1.82, 2.24) is 5.32 Å². The number of hydrogen-bond donors (Lipinski definition) is 1. The Morgan fingerprint density at radius 3 is 2.33 bits per heavy atom. The Kier molecular flexibility index (Phi) is 5.32. The van der Waals surface area contributed by atoms with E-state index in [0.29, 0.717) is 11.6 Å². The molecule has 3 heteroatoms. The fourth-order valence-electron chi connectivity index (χ4n) is 3.10. The van der Waals surface area contributed by atoms with E-state index in [2.05, 4.69) is 5.32 Å². The van der Waals surface area contributed by atoms with Crippen molar-refractivity contribution >= 4 is 17.6 Å². The minimum atomic E-state index is 0.00363. The maximum absolute atomic E-state index is 12.8. The quantitative estimate of drug-likeness (QED) is 0.659. The zero-order chi connectivity index (χ0) is 16.8. The zero-order valence-electron chi connectivity index (χ0n) is 14.0. The lowest BCUT2D eigenvalue weighted by molar-refractivity contribution is -0.116. The Morgan fingerprint density at radius 1 is 1.04 bits per heavy atom. The molecule has 1 saturated carbocycles. The van der Waals surface area contributed by atoms with E-state index in [1.54, 1.807) is 7.11 Å². The van der Waals surface area contributed by atoms with E-state index < -0.39 is 0 Å². The molecule has 0 unspecified atom stereocenters. The van der Waals surface area contributed by atoms with Crippen LogP contribution in [-0.2, 0) is 4.79 Å². The highest BCUT2D eigenvalue weighted by atomic mass is 16.5. The van der Waals surface area contributed by atoms with Crippen molar-refractivity contribution in [3.63, 3.8) is 0 Å². The first kappa shape index (κ1) is 16.3. The number of carbonyl (C=O) groups excluding carboxylic acids is 1. The Bertz CT molecular complexity index is 698. The van der Waals surface area contributed by atoms with Gasteiger partial charge in [-0.05, 0) is 42.2 Å². The van der Waals surface area contributed by atoms with Gasteiger partial charge in [-0.15, -0.1) is 0 Å². The van der Waals surface area contributed by atoms with Crippen LogP contribution in [0.1, 0.15) is 36.8 Å². The minimum Gasteiger partial charge on any atom is -0.497 e. The Balaban J connectivity index is 1.88. The molecule has 24 heavy (non-hydrogen) atoms. The molecule has 2 aromatic rings. The van der Waals surface area contributed by atoms with Crippen LogP contribution in [0, 0.1) is 0 Å². The van der Waals surface area contributed by atoms with Gasteiger partial charge in [0, 0.05) is 11.6 Å². The molecule has 0 aliphatic heterocycles. The fourth-order valence-corrected chi connectivity index (χ4v) is 3.10. The SMILES string of the molecule is COc1ccc(C=C(C(=O)NC2CCCC2)c2ccccc2)cc1. The molecule has 1 aliphatic rings. The Morgan fingerprint density at radius 2 is 1.71 bits per heavy atom. The van der Waals surface area contributed by atoms with Gasteiger partial charge in [0.05, 0.1) is 7.11 Å². The van der Waals surface area contributed by atoms with Gasteiger partial charge in [-0.1, -0.05) is 55.3 Å². The van der Waals surface area contributed by atoms with Crippen molar-refractivity contribution in [2.45, 2.75) is 31.7 Å². The lowest BCUT2D eigenvalue weighted by atomic mass is 10.0. The van der Waals surface area contributed by atoms with Crippen LogP contribution >= 0.6 is 0 Å². The smallest absolute Gasteiger partial charge is 0.252 e. The van der Waals surface area contributed by atoms with Crippen molar-refractivity contribution in [3.05, 3.63) is 65.7 Å². The van der Waals surface area contributed by atoms with E-state index in [9.17, 15) is 4.79 Å². The molecule has 3 nitrogen and oxygen atoms in total. The van der Waals surface area contributed by atoms with Gasteiger partial charge in [0.15, 0.2) is 0 Å². The number of rotatable bonds is 5. The number of amides is 1. The van der Waals surface area contributed by atoms with Crippen LogP contribution in [0.25, 0.3) is 11.6 Å². The first-order chi connectivity index (χ1) is 11.8. The van der Waals surface area contributed by atoms with Crippen molar-refractivity contribution in [2.75, 3.05) is 7.11 Å². The number of ether oxygens (including phenoxy) is 1. The summed E-state index contributed by atoms with van der Waals surface area (Å²) in [6.07, 6.45) is 6.51. The average molecular weight is 321 g/mol. The highest BCUT2D eigenvalue weighted by molar-refractivity contribution is 6.24. The van der Waals surface area contributed by atoms with Crippen LogP contribution in [0.2, 0.25) is 0 Å². The highest BCUT2D eigenvalue weighted by Gasteiger charge is 2.20. The number of benzene rings is 2. The summed E-state index contributed by atoms with van der Waals surface area (Å²) in [6.45, 7) is 0. The van der Waals surface area contributed by atoms with Gasteiger partial charge < -0.3 is 10.1 Å². The second-order valence-electron chi connectivity index (χ2n) is 6.15. The highest BCUT2D eigenvalue weighted by Crippen LogP contribution is 2.23. The molecule has 0 heterocycles. The lowest BCUT2D eigenvalue weighted by Crippen LogP contribution is -2.33. The number of carbonyl (C=O) groups is 1. The summed E-state index contributed by atoms with van der Waals surface area (Å²) in [5.41, 5.74) is 2.62. The first-order valence-corrected chi connectivity index (χ1v) is 8.48. The predicted molar refractivity (Wildman–Crippen MR) is 97.7 cm³/mol. The van der Waals surface area contributed by atoms with Crippen molar-refractivity contribution < 1.29 is 9.53 Å². The van der Waals surface area contributed by atoms with Crippen molar-refractivity contribution in [2.24, 2.45) is 0 Å². The molecule has 0 aromatic heterocycles. The molecule has 2 aromatic carbocycles. The Hall–Kier alpha value is -2.55. The standard InChI is InChI=1S/C21H23NO2/c1-24-19-13-11-16(12-14-19)15-20(17-7-3-2-4-8-17)21(23)22-18-9-5-6-10-18/h2-4,7-8,11-15,18H,5-6,9-10H2,1H3,(H,22,23). The molecule has 1 N–H and O–H groups in total. The molecule has 0 spiro atoms. The van der Waals surface area contributed by atoms with E-state index in [0.717, 1.165) is 29.7 Å². The van der Waals surface area contributed by atoms with Crippen LogP contribution in [0.5, 0.6) is 5.75 Å². The maximum atomic E-state index is 12.8. The van der Waals surface area contributed by atoms with Gasteiger partial charge in [0.1, 0.15) is 5.75 Å². The van der Waals surface area contributed by atoms with E-state index in [1.807, 2.05) is 60.7 Å². The summed E-state index contributed by atoms with van der Waals surface area (Å²) in [5, 5.41) is 3.19. The summed E-state index contributed by atoms with van der Waals surface area (Å²) in [7, 11) is 1.65. The van der Waals surface area contributed by atoms with Gasteiger partial charge in [-0.25, -0.2) is 0 Å². The molecule has 0 atom stereocenters. The van der Waals surface area contributed by atoms with E-state index >= 15 is 0 Å². The largest absolute Gasteiger partial charge is 0.497 e. The van der Waals surface area contributed by atoms with Gasteiger partial charge in [-0.2, -0.15) is 0 Å². The maximum Gasteiger partial charge on any atom is 0.252 e. The predicted octanol–water partition coefficient (Wildman–Crippen LogP) is 4.29. The second-order valence-corrected chi connectivity index (χ2v) is 6.15. The number of hydrogen-bond acceptors (Lipinski definition) is 2. The van der Waals surface area contributed by atoms with E-state index in [-0.39, 0.29) is 5.91 Å². The normalized spacial score (nSPS) is 15.3. The first-order valence-electron chi connectivity index (χ1n) is 8.48.